The van der Waals surface area contributed by atoms with E-state index >= 15 is 0 Å². The summed E-state index contributed by atoms with van der Waals surface area (Å²) < 4.78 is 15.2. The molecule has 1 aliphatic rings. The van der Waals surface area contributed by atoms with Gasteiger partial charge in [-0.05, 0) is 44.5 Å². The third-order valence-electron chi connectivity index (χ3n) is 4.51. The van der Waals surface area contributed by atoms with Gasteiger partial charge in [0.2, 0.25) is 0 Å². The summed E-state index contributed by atoms with van der Waals surface area (Å²) in [6, 6.07) is 7.26. The lowest BCUT2D eigenvalue weighted by atomic mass is 10.2. The highest BCUT2D eigenvalue weighted by Gasteiger charge is 2.22. The minimum Gasteiger partial charge on any atom is -0.370 e. The van der Waals surface area contributed by atoms with E-state index in [1.54, 1.807) is 0 Å². The Morgan fingerprint density at radius 2 is 2.05 bits per heavy atom. The smallest absolute Gasteiger partial charge is 0.123 e. The zero-order valence-corrected chi connectivity index (χ0v) is 13.2. The van der Waals surface area contributed by atoms with Crippen LogP contribution in [-0.2, 0) is 6.54 Å². The van der Waals surface area contributed by atoms with Gasteiger partial charge in [0.25, 0.3) is 0 Å². The largest absolute Gasteiger partial charge is 0.370 e. The normalized spacial score (nSPS) is 18.1. The fourth-order valence-electron chi connectivity index (χ4n) is 2.97. The molecule has 1 aliphatic heterocycles. The molecule has 1 fully saturated rings. The third kappa shape index (κ3) is 3.30. The Kier molecular flexibility index (Phi) is 4.43. The lowest BCUT2D eigenvalue weighted by molar-refractivity contribution is 0.513. The van der Waals surface area contributed by atoms with Crippen molar-refractivity contribution >= 4 is 5.69 Å². The van der Waals surface area contributed by atoms with Crippen LogP contribution >= 0.6 is 0 Å². The molecule has 1 atom stereocenters. The first-order chi connectivity index (χ1) is 10.6. The number of nitrogens with zero attached hydrogens (tertiary/aromatic N) is 3. The quantitative estimate of drug-likeness (QED) is 0.921. The summed E-state index contributed by atoms with van der Waals surface area (Å²) in [4.78, 5) is 6.63. The molecule has 1 aromatic carbocycles. The molecule has 3 rings (SSSR count). The number of benzene rings is 1. The van der Waals surface area contributed by atoms with Crippen LogP contribution in [0.1, 0.15) is 17.8 Å². The first-order valence-corrected chi connectivity index (χ1v) is 7.85. The first kappa shape index (κ1) is 15.0. The number of hydrogen-bond donors (Lipinski definition) is 1. The van der Waals surface area contributed by atoms with E-state index in [1.165, 1.54) is 17.8 Å². The molecule has 1 unspecified atom stereocenters. The van der Waals surface area contributed by atoms with Crippen molar-refractivity contribution in [2.75, 3.05) is 24.5 Å². The Balaban J connectivity index is 1.47. The van der Waals surface area contributed by atoms with E-state index in [0.29, 0.717) is 6.04 Å². The van der Waals surface area contributed by atoms with Gasteiger partial charge in [-0.1, -0.05) is 0 Å². The maximum absolute atomic E-state index is 13.0. The van der Waals surface area contributed by atoms with Gasteiger partial charge in [-0.15, -0.1) is 0 Å². The Morgan fingerprint density at radius 1 is 1.27 bits per heavy atom. The van der Waals surface area contributed by atoms with Crippen LogP contribution in [-0.4, -0.2) is 35.2 Å². The van der Waals surface area contributed by atoms with Gasteiger partial charge < -0.3 is 14.8 Å². The molecule has 2 heterocycles. The Bertz CT molecular complexity index is 620. The van der Waals surface area contributed by atoms with E-state index in [0.717, 1.165) is 44.0 Å². The summed E-state index contributed by atoms with van der Waals surface area (Å²) in [5, 5.41) is 3.61. The number of aromatic nitrogens is 2. The predicted molar refractivity (Wildman–Crippen MR) is 86.7 cm³/mol. The van der Waals surface area contributed by atoms with Crippen LogP contribution in [0, 0.1) is 19.7 Å². The minimum atomic E-state index is -0.177. The van der Waals surface area contributed by atoms with Crippen LogP contribution in [0.5, 0.6) is 0 Å². The molecule has 2 aromatic rings. The maximum atomic E-state index is 13.0. The van der Waals surface area contributed by atoms with E-state index < -0.39 is 0 Å². The molecular weight excluding hydrogens is 279 g/mol. The van der Waals surface area contributed by atoms with Crippen LogP contribution in [0.2, 0.25) is 0 Å². The Labute approximate surface area is 131 Å². The fourth-order valence-corrected chi connectivity index (χ4v) is 2.97. The van der Waals surface area contributed by atoms with Crippen molar-refractivity contribution in [3.05, 3.63) is 47.8 Å². The highest BCUT2D eigenvalue weighted by molar-refractivity contribution is 5.47. The van der Waals surface area contributed by atoms with Crippen molar-refractivity contribution in [2.45, 2.75) is 32.9 Å². The summed E-state index contributed by atoms with van der Waals surface area (Å²) >= 11 is 0. The molecule has 22 heavy (non-hydrogen) atoms. The second kappa shape index (κ2) is 6.48. The number of aryl methyl sites for hydroxylation is 1. The molecule has 1 saturated heterocycles. The average Bonchev–Trinajstić information content (AvgIpc) is 3.10. The van der Waals surface area contributed by atoms with Crippen molar-refractivity contribution in [3.8, 4) is 0 Å². The zero-order valence-electron chi connectivity index (χ0n) is 13.2. The summed E-state index contributed by atoms with van der Waals surface area (Å²) in [5.41, 5.74) is 3.44. The molecule has 1 N–H and O–H groups in total. The van der Waals surface area contributed by atoms with Gasteiger partial charge in [0.05, 0.1) is 12.0 Å². The molecule has 0 radical (unpaired) electrons. The number of anilines is 1. The van der Waals surface area contributed by atoms with E-state index in [1.807, 2.05) is 25.4 Å². The van der Waals surface area contributed by atoms with Gasteiger partial charge in [-0.2, -0.15) is 0 Å². The van der Waals surface area contributed by atoms with Crippen molar-refractivity contribution in [2.24, 2.45) is 0 Å². The van der Waals surface area contributed by atoms with Crippen LogP contribution in [0.15, 0.2) is 30.6 Å². The summed E-state index contributed by atoms with van der Waals surface area (Å²) in [6.45, 7) is 8.03. The molecule has 0 aliphatic carbocycles. The molecule has 0 saturated carbocycles. The second-order valence-corrected chi connectivity index (χ2v) is 5.97. The van der Waals surface area contributed by atoms with Gasteiger partial charge in [-0.25, -0.2) is 9.37 Å². The van der Waals surface area contributed by atoms with Gasteiger partial charge in [-0.3, -0.25) is 0 Å². The standard InChI is InChI=1S/C17H23FN4/c1-13-14(2)22(12-20-13)10-8-19-16-7-9-21(11-16)17-5-3-15(18)4-6-17/h3-6,12,16,19H,7-11H2,1-2H3. The van der Waals surface area contributed by atoms with E-state index in [-0.39, 0.29) is 5.82 Å². The molecule has 0 spiro atoms. The predicted octanol–water partition coefficient (Wildman–Crippen LogP) is 2.51. The first-order valence-electron chi connectivity index (χ1n) is 7.85. The van der Waals surface area contributed by atoms with Gasteiger partial charge in [0.1, 0.15) is 5.82 Å². The Hall–Kier alpha value is -1.88. The maximum Gasteiger partial charge on any atom is 0.123 e. The lowest BCUT2D eigenvalue weighted by Crippen LogP contribution is -2.34. The van der Waals surface area contributed by atoms with Crippen LogP contribution in [0.25, 0.3) is 0 Å². The number of nitrogens with one attached hydrogen (secondary N) is 1. The number of imidazole rings is 1. The van der Waals surface area contributed by atoms with E-state index in [4.69, 9.17) is 0 Å². The summed E-state index contributed by atoms with van der Waals surface area (Å²) in [7, 11) is 0. The number of hydrogen-bond acceptors (Lipinski definition) is 3. The van der Waals surface area contributed by atoms with Crippen LogP contribution in [0.3, 0.4) is 0 Å². The zero-order chi connectivity index (χ0) is 15.5. The monoisotopic (exact) mass is 302 g/mol. The van der Waals surface area contributed by atoms with Crippen LogP contribution < -0.4 is 10.2 Å². The molecule has 0 amide bonds. The average molecular weight is 302 g/mol. The van der Waals surface area contributed by atoms with Gasteiger partial charge in [0.15, 0.2) is 0 Å². The molecule has 118 valence electrons. The van der Waals surface area contributed by atoms with Crippen molar-refractivity contribution in [1.82, 2.24) is 14.9 Å². The summed E-state index contributed by atoms with van der Waals surface area (Å²) in [5.74, 6) is -0.177. The molecule has 5 heteroatoms. The molecule has 4 nitrogen and oxygen atoms in total. The molecule has 0 bridgehead atoms. The molecule has 1 aromatic heterocycles. The van der Waals surface area contributed by atoms with Crippen LogP contribution in [0.4, 0.5) is 10.1 Å². The second-order valence-electron chi connectivity index (χ2n) is 5.97. The highest BCUT2D eigenvalue weighted by Crippen LogP contribution is 2.20. The minimum absolute atomic E-state index is 0.177. The van der Waals surface area contributed by atoms with E-state index in [2.05, 4.69) is 26.7 Å². The number of rotatable bonds is 5. The van der Waals surface area contributed by atoms with Crippen molar-refractivity contribution in [1.29, 1.82) is 0 Å². The van der Waals surface area contributed by atoms with Gasteiger partial charge >= 0.3 is 0 Å². The Morgan fingerprint density at radius 3 is 2.73 bits per heavy atom. The summed E-state index contributed by atoms with van der Waals surface area (Å²) in [6.07, 6.45) is 3.03. The fraction of sp³-hybridized carbons (Fsp3) is 0.471. The lowest BCUT2D eigenvalue weighted by Gasteiger charge is -2.19. The topological polar surface area (TPSA) is 33.1 Å². The van der Waals surface area contributed by atoms with Gasteiger partial charge in [0, 0.05) is 43.6 Å². The molecular formula is C17H23FN4. The number of halogens is 1. The third-order valence-corrected chi connectivity index (χ3v) is 4.51. The SMILES string of the molecule is Cc1ncn(CCNC2CCN(c3ccc(F)cc3)C2)c1C. The van der Waals surface area contributed by atoms with E-state index in [9.17, 15) is 4.39 Å². The van der Waals surface area contributed by atoms with Crippen molar-refractivity contribution < 1.29 is 4.39 Å². The highest BCUT2D eigenvalue weighted by atomic mass is 19.1. The van der Waals surface area contributed by atoms with Crippen molar-refractivity contribution in [3.63, 3.8) is 0 Å².